The van der Waals surface area contributed by atoms with Gasteiger partial charge in [0, 0.05) is 6.21 Å². The average molecular weight is 153 g/mol. The lowest BCUT2D eigenvalue weighted by molar-refractivity contribution is 0.704. The first-order valence-corrected chi connectivity index (χ1v) is 4.15. The summed E-state index contributed by atoms with van der Waals surface area (Å²) in [6.45, 7) is 1.84. The van der Waals surface area contributed by atoms with Gasteiger partial charge >= 0.3 is 0 Å². The minimum absolute atomic E-state index is 0.430. The van der Waals surface area contributed by atoms with Crippen LogP contribution in [0.25, 0.3) is 0 Å². The molecule has 0 atom stereocenters. The van der Waals surface area contributed by atoms with E-state index >= 15 is 0 Å². The van der Waals surface area contributed by atoms with Crippen molar-refractivity contribution in [2.75, 3.05) is 0 Å². The molecule has 3 nitrogen and oxygen atoms in total. The van der Waals surface area contributed by atoms with Crippen LogP contribution in [0.15, 0.2) is 9.98 Å². The zero-order valence-electron chi connectivity index (χ0n) is 6.95. The van der Waals surface area contributed by atoms with Gasteiger partial charge in [-0.1, -0.05) is 12.8 Å². The number of hydrogen-bond donors (Lipinski definition) is 1. The van der Waals surface area contributed by atoms with Crippen LogP contribution < -0.4 is 5.73 Å². The van der Waals surface area contributed by atoms with Gasteiger partial charge in [0.1, 0.15) is 0 Å². The second-order valence-corrected chi connectivity index (χ2v) is 2.81. The third kappa shape index (κ3) is 2.70. The van der Waals surface area contributed by atoms with E-state index in [4.69, 9.17) is 5.73 Å². The van der Waals surface area contributed by atoms with Gasteiger partial charge in [-0.3, -0.25) is 0 Å². The van der Waals surface area contributed by atoms with Crippen LogP contribution in [0.5, 0.6) is 0 Å². The van der Waals surface area contributed by atoms with Gasteiger partial charge in [0.15, 0.2) is 0 Å². The number of hydrogen-bond acceptors (Lipinski definition) is 1. The van der Waals surface area contributed by atoms with Crippen molar-refractivity contribution in [3.8, 4) is 0 Å². The van der Waals surface area contributed by atoms with Crippen molar-refractivity contribution in [3.63, 3.8) is 0 Å². The van der Waals surface area contributed by atoms with E-state index in [-0.39, 0.29) is 0 Å². The Bertz CT molecular complexity index is 166. The molecule has 0 heterocycles. The molecule has 1 aliphatic rings. The summed E-state index contributed by atoms with van der Waals surface area (Å²) < 4.78 is 0. The zero-order valence-corrected chi connectivity index (χ0v) is 6.95. The van der Waals surface area contributed by atoms with E-state index in [1.807, 2.05) is 6.92 Å². The van der Waals surface area contributed by atoms with E-state index in [0.717, 1.165) is 0 Å². The van der Waals surface area contributed by atoms with E-state index < -0.39 is 0 Å². The molecular formula is C8H15N3. The Morgan fingerprint density at radius 2 is 2.09 bits per heavy atom. The normalized spacial score (nSPS) is 21.7. The Morgan fingerprint density at radius 3 is 2.64 bits per heavy atom. The van der Waals surface area contributed by atoms with Crippen LogP contribution in [0.3, 0.4) is 0 Å². The zero-order chi connectivity index (χ0) is 8.10. The van der Waals surface area contributed by atoms with Crippen LogP contribution >= 0.6 is 0 Å². The van der Waals surface area contributed by atoms with Gasteiger partial charge in [-0.15, -0.1) is 0 Å². The highest BCUT2D eigenvalue weighted by atomic mass is 15.0. The molecule has 1 saturated carbocycles. The van der Waals surface area contributed by atoms with Gasteiger partial charge < -0.3 is 5.73 Å². The number of rotatable bonds is 1. The minimum Gasteiger partial charge on any atom is -0.368 e. The smallest absolute Gasteiger partial charge is 0.215 e. The average Bonchev–Trinajstić information content (AvgIpc) is 2.40. The molecule has 2 N–H and O–H groups in total. The molecule has 1 aliphatic carbocycles. The first kappa shape index (κ1) is 8.24. The van der Waals surface area contributed by atoms with Crippen molar-refractivity contribution in [2.45, 2.75) is 38.6 Å². The lowest BCUT2D eigenvalue weighted by atomic mass is 10.3. The molecule has 0 aliphatic heterocycles. The predicted molar refractivity (Wildman–Crippen MR) is 48.0 cm³/mol. The first-order valence-electron chi connectivity index (χ1n) is 4.15. The standard InChI is InChI=1S/C8H15N3/c1-2-10-8(9)11-7-5-3-4-6-7/h2,7H,3-6H2,1H3,(H2,9,11)/b10-2-. The van der Waals surface area contributed by atoms with Crippen LogP contribution in [0.4, 0.5) is 0 Å². The third-order valence-corrected chi connectivity index (χ3v) is 1.90. The van der Waals surface area contributed by atoms with E-state index in [9.17, 15) is 0 Å². The summed E-state index contributed by atoms with van der Waals surface area (Å²) in [5.41, 5.74) is 5.52. The molecular weight excluding hydrogens is 138 g/mol. The van der Waals surface area contributed by atoms with Crippen molar-refractivity contribution < 1.29 is 0 Å². The lowest BCUT2D eigenvalue weighted by Gasteiger charge is -2.00. The largest absolute Gasteiger partial charge is 0.368 e. The maximum absolute atomic E-state index is 5.52. The SMILES string of the molecule is C/C=N\C(N)=NC1CCCC1. The Balaban J connectivity index is 2.42. The van der Waals surface area contributed by atoms with Crippen LogP contribution in [0.1, 0.15) is 32.6 Å². The highest BCUT2D eigenvalue weighted by Crippen LogP contribution is 2.20. The molecule has 0 aromatic heterocycles. The Labute approximate surface area is 67.4 Å². The van der Waals surface area contributed by atoms with Gasteiger partial charge in [0.2, 0.25) is 5.96 Å². The van der Waals surface area contributed by atoms with Crippen molar-refractivity contribution >= 4 is 12.2 Å². The first-order chi connectivity index (χ1) is 5.33. The summed E-state index contributed by atoms with van der Waals surface area (Å²) in [5, 5.41) is 0. The molecule has 62 valence electrons. The van der Waals surface area contributed by atoms with Crippen molar-refractivity contribution in [1.29, 1.82) is 0 Å². The van der Waals surface area contributed by atoms with Crippen molar-refractivity contribution in [1.82, 2.24) is 0 Å². The summed E-state index contributed by atoms with van der Waals surface area (Å²) in [5.74, 6) is 0.430. The van der Waals surface area contributed by atoms with E-state index in [2.05, 4.69) is 9.98 Å². The molecule has 1 fully saturated rings. The summed E-state index contributed by atoms with van der Waals surface area (Å²) in [7, 11) is 0. The fraction of sp³-hybridized carbons (Fsp3) is 0.750. The molecule has 0 amide bonds. The van der Waals surface area contributed by atoms with E-state index in [0.29, 0.717) is 12.0 Å². The quantitative estimate of drug-likeness (QED) is 0.448. The van der Waals surface area contributed by atoms with Gasteiger partial charge in [0.05, 0.1) is 6.04 Å². The van der Waals surface area contributed by atoms with Crippen LogP contribution in [0.2, 0.25) is 0 Å². The van der Waals surface area contributed by atoms with Gasteiger partial charge in [-0.25, -0.2) is 9.98 Å². The van der Waals surface area contributed by atoms with Crippen LogP contribution in [-0.2, 0) is 0 Å². The van der Waals surface area contributed by atoms with Gasteiger partial charge in [-0.05, 0) is 19.8 Å². The molecule has 3 heteroatoms. The minimum atomic E-state index is 0.430. The van der Waals surface area contributed by atoms with Gasteiger partial charge in [-0.2, -0.15) is 0 Å². The summed E-state index contributed by atoms with van der Waals surface area (Å²) in [6.07, 6.45) is 6.61. The van der Waals surface area contributed by atoms with E-state index in [1.54, 1.807) is 6.21 Å². The van der Waals surface area contributed by atoms with E-state index in [1.165, 1.54) is 25.7 Å². The molecule has 0 spiro atoms. The highest BCUT2D eigenvalue weighted by Gasteiger charge is 2.13. The Morgan fingerprint density at radius 1 is 1.45 bits per heavy atom. The number of nitrogens with two attached hydrogens (primary N) is 1. The fourth-order valence-electron chi connectivity index (χ4n) is 1.39. The molecule has 0 aromatic rings. The molecule has 0 bridgehead atoms. The second kappa shape index (κ2) is 4.11. The Kier molecular flexibility index (Phi) is 3.08. The number of nitrogens with zero attached hydrogens (tertiary/aromatic N) is 2. The lowest BCUT2D eigenvalue weighted by Crippen LogP contribution is -2.12. The maximum Gasteiger partial charge on any atom is 0.215 e. The monoisotopic (exact) mass is 153 g/mol. The number of guanidine groups is 1. The summed E-state index contributed by atoms with van der Waals surface area (Å²) in [4.78, 5) is 8.15. The highest BCUT2D eigenvalue weighted by molar-refractivity contribution is 5.85. The molecule has 0 unspecified atom stereocenters. The number of aliphatic imine (C=N–C) groups is 2. The van der Waals surface area contributed by atoms with Crippen molar-refractivity contribution in [2.24, 2.45) is 15.7 Å². The summed E-state index contributed by atoms with van der Waals surface area (Å²) in [6, 6.07) is 0.443. The topological polar surface area (TPSA) is 50.7 Å². The van der Waals surface area contributed by atoms with Crippen LogP contribution in [0, 0.1) is 0 Å². The summed E-state index contributed by atoms with van der Waals surface area (Å²) >= 11 is 0. The fourth-order valence-corrected chi connectivity index (χ4v) is 1.39. The second-order valence-electron chi connectivity index (χ2n) is 2.81. The predicted octanol–water partition coefficient (Wildman–Crippen LogP) is 1.33. The maximum atomic E-state index is 5.52. The van der Waals surface area contributed by atoms with Crippen molar-refractivity contribution in [3.05, 3.63) is 0 Å². The molecule has 11 heavy (non-hydrogen) atoms. The Hall–Kier alpha value is -0.860. The van der Waals surface area contributed by atoms with Crippen LogP contribution in [-0.4, -0.2) is 18.2 Å². The molecule has 0 aromatic carbocycles. The molecule has 1 rings (SSSR count). The van der Waals surface area contributed by atoms with Gasteiger partial charge in [0.25, 0.3) is 0 Å². The molecule has 0 saturated heterocycles. The molecule has 0 radical (unpaired) electrons. The third-order valence-electron chi connectivity index (χ3n) is 1.90.